The van der Waals surface area contributed by atoms with E-state index in [0.717, 1.165) is 15.9 Å². The van der Waals surface area contributed by atoms with Gasteiger partial charge in [0, 0.05) is 10.0 Å². The van der Waals surface area contributed by atoms with Gasteiger partial charge in [-0.1, -0.05) is 15.9 Å². The molecular weight excluding hydrogens is 386 g/mol. The molecule has 0 fully saturated rings. The van der Waals surface area contributed by atoms with Gasteiger partial charge in [-0.15, -0.1) is 5.10 Å². The van der Waals surface area contributed by atoms with E-state index in [1.807, 2.05) is 43.3 Å². The Morgan fingerprint density at radius 3 is 2.56 bits per heavy atom. The fraction of sp³-hybridized carbons (Fsp3) is 0.176. The third-order valence-corrected chi connectivity index (χ3v) is 3.97. The summed E-state index contributed by atoms with van der Waals surface area (Å²) in [5, 5.41) is 14.5. The molecule has 25 heavy (non-hydrogen) atoms. The van der Waals surface area contributed by atoms with Gasteiger partial charge in [-0.3, -0.25) is 4.79 Å². The topological polar surface area (TPSA) is 81.9 Å². The van der Waals surface area contributed by atoms with Crippen LogP contribution in [0.1, 0.15) is 23.1 Å². The molecule has 1 N–H and O–H groups in total. The molecule has 0 radical (unpaired) electrons. The average molecular weight is 402 g/mol. The quantitative estimate of drug-likeness (QED) is 0.686. The highest BCUT2D eigenvalue weighted by Crippen LogP contribution is 2.15. The number of nitrogens with zero attached hydrogens (tertiary/aromatic N) is 4. The Hall–Kier alpha value is -2.74. The first kappa shape index (κ1) is 17.1. The van der Waals surface area contributed by atoms with Crippen molar-refractivity contribution in [3.05, 3.63) is 64.4 Å². The Bertz CT molecular complexity index is 846. The van der Waals surface area contributed by atoms with Crippen LogP contribution in [-0.2, 0) is 6.54 Å². The zero-order valence-corrected chi connectivity index (χ0v) is 15.1. The molecule has 0 aliphatic rings. The van der Waals surface area contributed by atoms with Crippen molar-refractivity contribution in [1.82, 2.24) is 25.5 Å². The zero-order chi connectivity index (χ0) is 17.6. The number of aromatic nitrogens is 4. The second kappa shape index (κ2) is 7.89. The number of hydrogen-bond acceptors (Lipinski definition) is 5. The van der Waals surface area contributed by atoms with E-state index in [4.69, 9.17) is 4.74 Å². The SMILES string of the molecule is CCOc1ccc(-n2nnnc2CNC(=O)c2ccc(Br)cc2)cc1. The molecule has 3 aromatic rings. The van der Waals surface area contributed by atoms with Gasteiger partial charge in [-0.2, -0.15) is 4.68 Å². The number of tetrazole rings is 1. The predicted octanol–water partition coefficient (Wildman–Crippen LogP) is 2.75. The smallest absolute Gasteiger partial charge is 0.251 e. The van der Waals surface area contributed by atoms with E-state index >= 15 is 0 Å². The molecule has 0 bridgehead atoms. The minimum Gasteiger partial charge on any atom is -0.494 e. The Kier molecular flexibility index (Phi) is 5.39. The van der Waals surface area contributed by atoms with Crippen LogP contribution in [0.15, 0.2) is 53.0 Å². The number of hydrogen-bond donors (Lipinski definition) is 1. The van der Waals surface area contributed by atoms with Crippen LogP contribution in [0.4, 0.5) is 0 Å². The molecule has 0 unspecified atom stereocenters. The lowest BCUT2D eigenvalue weighted by atomic mass is 10.2. The van der Waals surface area contributed by atoms with Gasteiger partial charge in [-0.25, -0.2) is 0 Å². The van der Waals surface area contributed by atoms with Crippen molar-refractivity contribution < 1.29 is 9.53 Å². The van der Waals surface area contributed by atoms with Crippen LogP contribution in [0.3, 0.4) is 0 Å². The highest BCUT2D eigenvalue weighted by Gasteiger charge is 2.11. The lowest BCUT2D eigenvalue weighted by Crippen LogP contribution is -2.24. The molecule has 128 valence electrons. The third kappa shape index (κ3) is 4.21. The van der Waals surface area contributed by atoms with Crippen molar-refractivity contribution >= 4 is 21.8 Å². The number of ether oxygens (including phenoxy) is 1. The summed E-state index contributed by atoms with van der Waals surface area (Å²) in [6.45, 7) is 2.76. The zero-order valence-electron chi connectivity index (χ0n) is 13.5. The number of carbonyl (C=O) groups excluding carboxylic acids is 1. The molecule has 2 aromatic carbocycles. The Labute approximate surface area is 153 Å². The number of benzene rings is 2. The number of halogens is 1. The fourth-order valence-corrected chi connectivity index (χ4v) is 2.49. The van der Waals surface area contributed by atoms with E-state index in [2.05, 4.69) is 36.8 Å². The summed E-state index contributed by atoms with van der Waals surface area (Å²) in [7, 11) is 0. The number of carbonyl (C=O) groups is 1. The minimum atomic E-state index is -0.186. The van der Waals surface area contributed by atoms with Crippen LogP contribution in [-0.4, -0.2) is 32.7 Å². The average Bonchev–Trinajstić information content (AvgIpc) is 3.10. The molecular formula is C17H16BrN5O2. The molecule has 7 nitrogen and oxygen atoms in total. The summed E-state index contributed by atoms with van der Waals surface area (Å²) in [6, 6.07) is 14.6. The van der Waals surface area contributed by atoms with E-state index in [-0.39, 0.29) is 12.5 Å². The van der Waals surface area contributed by atoms with Gasteiger partial charge in [0.25, 0.3) is 5.91 Å². The molecule has 1 aromatic heterocycles. The van der Waals surface area contributed by atoms with Crippen LogP contribution >= 0.6 is 15.9 Å². The lowest BCUT2D eigenvalue weighted by Gasteiger charge is -2.08. The highest BCUT2D eigenvalue weighted by atomic mass is 79.9. The summed E-state index contributed by atoms with van der Waals surface area (Å²) in [4.78, 5) is 12.2. The van der Waals surface area contributed by atoms with Crippen molar-refractivity contribution in [2.75, 3.05) is 6.61 Å². The van der Waals surface area contributed by atoms with E-state index in [1.165, 1.54) is 0 Å². The number of amides is 1. The van der Waals surface area contributed by atoms with Gasteiger partial charge < -0.3 is 10.1 Å². The minimum absolute atomic E-state index is 0.186. The summed E-state index contributed by atoms with van der Waals surface area (Å²) in [6.07, 6.45) is 0. The maximum Gasteiger partial charge on any atom is 0.251 e. The van der Waals surface area contributed by atoms with E-state index in [1.54, 1.807) is 16.8 Å². The molecule has 0 aliphatic heterocycles. The van der Waals surface area contributed by atoms with Crippen molar-refractivity contribution in [2.45, 2.75) is 13.5 Å². The highest BCUT2D eigenvalue weighted by molar-refractivity contribution is 9.10. The maximum absolute atomic E-state index is 12.2. The van der Waals surface area contributed by atoms with Gasteiger partial charge in [0.1, 0.15) is 5.75 Å². The molecule has 0 saturated heterocycles. The van der Waals surface area contributed by atoms with Crippen molar-refractivity contribution in [3.8, 4) is 11.4 Å². The first-order valence-corrected chi connectivity index (χ1v) is 8.51. The number of nitrogens with one attached hydrogen (secondary N) is 1. The molecule has 8 heteroatoms. The monoisotopic (exact) mass is 401 g/mol. The molecule has 1 heterocycles. The van der Waals surface area contributed by atoms with Gasteiger partial charge >= 0.3 is 0 Å². The fourth-order valence-electron chi connectivity index (χ4n) is 2.23. The lowest BCUT2D eigenvalue weighted by molar-refractivity contribution is 0.0949. The van der Waals surface area contributed by atoms with Crippen LogP contribution in [0, 0.1) is 0 Å². The van der Waals surface area contributed by atoms with Gasteiger partial charge in [-0.05, 0) is 65.9 Å². The first-order valence-electron chi connectivity index (χ1n) is 7.71. The van der Waals surface area contributed by atoms with Crippen LogP contribution in [0.5, 0.6) is 5.75 Å². The summed E-state index contributed by atoms with van der Waals surface area (Å²) in [5.41, 5.74) is 1.37. The second-order valence-electron chi connectivity index (χ2n) is 5.12. The van der Waals surface area contributed by atoms with Crippen LogP contribution in [0.25, 0.3) is 5.69 Å². The maximum atomic E-state index is 12.2. The Morgan fingerprint density at radius 2 is 1.88 bits per heavy atom. The van der Waals surface area contributed by atoms with E-state index in [9.17, 15) is 4.79 Å². The molecule has 0 aliphatic carbocycles. The van der Waals surface area contributed by atoms with Gasteiger partial charge in [0.05, 0.1) is 18.8 Å². The predicted molar refractivity (Wildman–Crippen MR) is 95.6 cm³/mol. The van der Waals surface area contributed by atoms with Gasteiger partial charge in [0.2, 0.25) is 0 Å². The molecule has 3 rings (SSSR count). The summed E-state index contributed by atoms with van der Waals surface area (Å²) < 4.78 is 7.92. The van der Waals surface area contributed by atoms with Crippen molar-refractivity contribution in [2.24, 2.45) is 0 Å². The van der Waals surface area contributed by atoms with Crippen molar-refractivity contribution in [1.29, 1.82) is 0 Å². The third-order valence-electron chi connectivity index (χ3n) is 3.44. The molecule has 0 atom stereocenters. The van der Waals surface area contributed by atoms with Crippen molar-refractivity contribution in [3.63, 3.8) is 0 Å². The van der Waals surface area contributed by atoms with Crippen LogP contribution in [0.2, 0.25) is 0 Å². The molecule has 0 spiro atoms. The van der Waals surface area contributed by atoms with E-state index < -0.39 is 0 Å². The summed E-state index contributed by atoms with van der Waals surface area (Å²) >= 11 is 3.34. The Morgan fingerprint density at radius 1 is 1.16 bits per heavy atom. The number of rotatable bonds is 6. The van der Waals surface area contributed by atoms with E-state index in [0.29, 0.717) is 18.0 Å². The second-order valence-corrected chi connectivity index (χ2v) is 6.04. The summed E-state index contributed by atoms with van der Waals surface area (Å²) in [5.74, 6) is 1.13. The standard InChI is InChI=1S/C17H16BrN5O2/c1-2-25-15-9-7-14(8-10-15)23-16(20-21-22-23)11-19-17(24)12-3-5-13(18)6-4-12/h3-10H,2,11H2,1H3,(H,19,24). The Balaban J connectivity index is 1.69. The first-order chi connectivity index (χ1) is 12.2. The normalized spacial score (nSPS) is 10.5. The largest absolute Gasteiger partial charge is 0.494 e. The molecule has 1 amide bonds. The van der Waals surface area contributed by atoms with Crippen LogP contribution < -0.4 is 10.1 Å². The van der Waals surface area contributed by atoms with Gasteiger partial charge in [0.15, 0.2) is 5.82 Å². The molecule has 0 saturated carbocycles.